The third-order valence-electron chi connectivity index (χ3n) is 2.63. The number of alkyl halides is 3. The van der Waals surface area contributed by atoms with Gasteiger partial charge in [0.2, 0.25) is 0 Å². The second kappa shape index (κ2) is 6.25. The first kappa shape index (κ1) is 15.1. The van der Waals surface area contributed by atoms with Gasteiger partial charge >= 0.3 is 6.18 Å². The Bertz CT molecular complexity index is 412. The van der Waals surface area contributed by atoms with Crippen molar-refractivity contribution in [1.29, 1.82) is 0 Å². The van der Waals surface area contributed by atoms with Crippen LogP contribution in [0.1, 0.15) is 25.3 Å². The number of hydrogen-bond donors (Lipinski definition) is 1. The zero-order chi connectivity index (χ0) is 13.8. The van der Waals surface area contributed by atoms with Crippen LogP contribution in [0, 0.1) is 0 Å². The third-order valence-corrected chi connectivity index (χ3v) is 3.07. The van der Waals surface area contributed by atoms with Crippen LogP contribution in [0.5, 0.6) is 0 Å². The Morgan fingerprint density at radius 2 is 1.83 bits per heavy atom. The second-order valence-electron chi connectivity index (χ2n) is 4.03. The Kier molecular flexibility index (Phi) is 5.23. The monoisotopic (exact) mass is 277 g/mol. The van der Waals surface area contributed by atoms with E-state index >= 15 is 0 Å². The van der Waals surface area contributed by atoms with E-state index in [9.17, 15) is 13.2 Å². The summed E-state index contributed by atoms with van der Waals surface area (Å²) in [5, 5.41) is -1.09. The molecule has 1 aromatic rings. The predicted molar refractivity (Wildman–Crippen MR) is 68.2 cm³/mol. The molecular weight excluding hydrogens is 263 g/mol. The largest absolute Gasteiger partial charge is 0.427 e. The van der Waals surface area contributed by atoms with E-state index in [1.54, 1.807) is 30.3 Å². The van der Waals surface area contributed by atoms with Crippen molar-refractivity contribution in [3.05, 3.63) is 40.9 Å². The lowest BCUT2D eigenvalue weighted by Crippen LogP contribution is -2.20. The summed E-state index contributed by atoms with van der Waals surface area (Å²) >= 11 is 5.46. The molecule has 0 spiro atoms. The van der Waals surface area contributed by atoms with Gasteiger partial charge in [-0.15, -0.1) is 0 Å². The summed E-state index contributed by atoms with van der Waals surface area (Å²) in [5.41, 5.74) is 6.25. The van der Waals surface area contributed by atoms with Crippen LogP contribution in [-0.4, -0.2) is 12.2 Å². The number of rotatable bonds is 4. The Morgan fingerprint density at radius 1 is 1.28 bits per heavy atom. The fourth-order valence-corrected chi connectivity index (χ4v) is 1.74. The first-order valence-corrected chi connectivity index (χ1v) is 6.01. The van der Waals surface area contributed by atoms with Crippen LogP contribution in [0.2, 0.25) is 0 Å². The van der Waals surface area contributed by atoms with E-state index in [-0.39, 0.29) is 18.0 Å². The fraction of sp³-hybridized carbons (Fsp3) is 0.385. The van der Waals surface area contributed by atoms with Crippen molar-refractivity contribution in [2.75, 3.05) is 0 Å². The van der Waals surface area contributed by atoms with Crippen molar-refractivity contribution in [1.82, 2.24) is 0 Å². The summed E-state index contributed by atoms with van der Waals surface area (Å²) < 4.78 is 38.1. The molecule has 1 atom stereocenters. The zero-order valence-electron chi connectivity index (χ0n) is 9.97. The van der Waals surface area contributed by atoms with Gasteiger partial charge in [0, 0.05) is 6.04 Å². The highest BCUT2D eigenvalue weighted by molar-refractivity contribution is 6.33. The summed E-state index contributed by atoms with van der Waals surface area (Å²) in [6.45, 7) is 1.83. The molecule has 0 aromatic heterocycles. The molecule has 0 fully saturated rings. The summed E-state index contributed by atoms with van der Waals surface area (Å²) in [4.78, 5) is 0. The van der Waals surface area contributed by atoms with Crippen LogP contribution in [0.15, 0.2) is 35.4 Å². The molecule has 0 radical (unpaired) electrons. The van der Waals surface area contributed by atoms with E-state index < -0.39 is 11.2 Å². The summed E-state index contributed by atoms with van der Waals surface area (Å²) in [6.07, 6.45) is -3.84. The lowest BCUT2D eigenvalue weighted by atomic mass is 9.97. The van der Waals surface area contributed by atoms with Crippen molar-refractivity contribution in [3.8, 4) is 0 Å². The number of hydrogen-bond acceptors (Lipinski definition) is 1. The van der Waals surface area contributed by atoms with Gasteiger partial charge in [0.05, 0.1) is 0 Å². The molecule has 0 saturated carbocycles. The maximum atomic E-state index is 12.7. The molecule has 1 rings (SSSR count). The number of allylic oxidation sites excluding steroid dienone is 1. The molecule has 0 amide bonds. The van der Waals surface area contributed by atoms with Crippen LogP contribution in [-0.2, 0) is 0 Å². The molecule has 0 aliphatic heterocycles. The molecule has 0 aliphatic rings. The molecule has 0 bridgehead atoms. The topological polar surface area (TPSA) is 26.0 Å². The molecule has 2 N–H and O–H groups in total. The van der Waals surface area contributed by atoms with Gasteiger partial charge in [-0.3, -0.25) is 0 Å². The second-order valence-corrected chi connectivity index (χ2v) is 4.41. The molecule has 0 saturated heterocycles. The number of nitrogens with two attached hydrogens (primary N) is 1. The van der Waals surface area contributed by atoms with Gasteiger partial charge in [0.15, 0.2) is 0 Å². The van der Waals surface area contributed by atoms with Crippen LogP contribution in [0.25, 0.3) is 5.57 Å². The van der Waals surface area contributed by atoms with Gasteiger partial charge in [-0.25, -0.2) is 0 Å². The first-order valence-electron chi connectivity index (χ1n) is 5.63. The summed E-state index contributed by atoms with van der Waals surface area (Å²) in [7, 11) is 0. The molecule has 1 nitrogen and oxygen atoms in total. The standard InChI is InChI=1S/C13H15ClF3N/c1-2-10(18)8-11(12(14)13(15,16)17)9-6-4-3-5-7-9/h3-7,10H,2,8,18H2,1H3/b12-11-. The van der Waals surface area contributed by atoms with Crippen molar-refractivity contribution in [2.24, 2.45) is 5.73 Å². The van der Waals surface area contributed by atoms with Crippen LogP contribution >= 0.6 is 11.6 Å². The molecular formula is C13H15ClF3N. The fourth-order valence-electron chi connectivity index (χ4n) is 1.55. The predicted octanol–water partition coefficient (Wildman–Crippen LogP) is 4.33. The zero-order valence-corrected chi connectivity index (χ0v) is 10.7. The van der Waals surface area contributed by atoms with Gasteiger partial charge in [-0.1, -0.05) is 48.9 Å². The van der Waals surface area contributed by atoms with Gasteiger partial charge in [-0.2, -0.15) is 13.2 Å². The average molecular weight is 278 g/mol. The average Bonchev–Trinajstić information content (AvgIpc) is 2.34. The SMILES string of the molecule is CCC(N)C/C(=C(/Cl)C(F)(F)F)c1ccccc1. The van der Waals surface area contributed by atoms with E-state index in [0.717, 1.165) is 0 Å². The third kappa shape index (κ3) is 4.03. The smallest absolute Gasteiger partial charge is 0.327 e. The first-order chi connectivity index (χ1) is 8.36. The maximum Gasteiger partial charge on any atom is 0.427 e. The van der Waals surface area contributed by atoms with E-state index in [4.69, 9.17) is 17.3 Å². The van der Waals surface area contributed by atoms with Crippen molar-refractivity contribution >= 4 is 17.2 Å². The van der Waals surface area contributed by atoms with E-state index in [1.165, 1.54) is 0 Å². The van der Waals surface area contributed by atoms with Crippen molar-refractivity contribution in [2.45, 2.75) is 32.0 Å². The Morgan fingerprint density at radius 3 is 2.28 bits per heavy atom. The molecule has 0 heterocycles. The van der Waals surface area contributed by atoms with Gasteiger partial charge in [0.1, 0.15) is 5.03 Å². The lowest BCUT2D eigenvalue weighted by molar-refractivity contribution is -0.0841. The van der Waals surface area contributed by atoms with E-state index in [2.05, 4.69) is 0 Å². The maximum absolute atomic E-state index is 12.7. The lowest BCUT2D eigenvalue weighted by Gasteiger charge is -2.16. The Balaban J connectivity index is 3.19. The minimum absolute atomic E-state index is 0.0547. The van der Waals surface area contributed by atoms with Crippen LogP contribution < -0.4 is 5.73 Å². The van der Waals surface area contributed by atoms with Crippen molar-refractivity contribution in [3.63, 3.8) is 0 Å². The van der Waals surface area contributed by atoms with Crippen molar-refractivity contribution < 1.29 is 13.2 Å². The van der Waals surface area contributed by atoms with Gasteiger partial charge < -0.3 is 5.73 Å². The molecule has 1 aromatic carbocycles. The normalized spacial score (nSPS) is 15.2. The Labute approximate surface area is 109 Å². The summed E-state index contributed by atoms with van der Waals surface area (Å²) in [5.74, 6) is 0. The quantitative estimate of drug-likeness (QED) is 0.871. The van der Waals surface area contributed by atoms with Crippen LogP contribution in [0.3, 0.4) is 0 Å². The molecule has 100 valence electrons. The molecule has 18 heavy (non-hydrogen) atoms. The summed E-state index contributed by atoms with van der Waals surface area (Å²) in [6, 6.07) is 7.96. The molecule has 1 unspecified atom stereocenters. The highest BCUT2D eigenvalue weighted by atomic mass is 35.5. The highest BCUT2D eigenvalue weighted by Gasteiger charge is 2.35. The minimum Gasteiger partial charge on any atom is -0.327 e. The van der Waals surface area contributed by atoms with Gasteiger partial charge in [-0.05, 0) is 24.0 Å². The molecule has 5 heteroatoms. The van der Waals surface area contributed by atoms with E-state index in [1.807, 2.05) is 6.92 Å². The van der Waals surface area contributed by atoms with E-state index in [0.29, 0.717) is 12.0 Å². The number of halogens is 4. The van der Waals surface area contributed by atoms with Gasteiger partial charge in [0.25, 0.3) is 0 Å². The number of benzene rings is 1. The van der Waals surface area contributed by atoms with Crippen LogP contribution in [0.4, 0.5) is 13.2 Å². The Hall–Kier alpha value is -1.00. The highest BCUT2D eigenvalue weighted by Crippen LogP contribution is 2.37. The molecule has 0 aliphatic carbocycles. The minimum atomic E-state index is -4.54.